The van der Waals surface area contributed by atoms with Gasteiger partial charge in [0.05, 0.1) is 0 Å². The number of aliphatic hydroxyl groups is 1. The van der Waals surface area contributed by atoms with E-state index in [-0.39, 0.29) is 5.89 Å². The molecule has 0 radical (unpaired) electrons. The number of hydrogen-bond acceptors (Lipinski definition) is 4. The first-order valence-electron chi connectivity index (χ1n) is 4.75. The summed E-state index contributed by atoms with van der Waals surface area (Å²) in [5.74, 6) is 0.747. The fourth-order valence-corrected chi connectivity index (χ4v) is 1.22. The van der Waals surface area contributed by atoms with Gasteiger partial charge >= 0.3 is 0 Å². The van der Waals surface area contributed by atoms with Crippen molar-refractivity contribution in [3.05, 3.63) is 35.7 Å². The first-order chi connectivity index (χ1) is 7.16. The topological polar surface area (TPSA) is 59.2 Å². The quantitative estimate of drug-likeness (QED) is 0.813. The second kappa shape index (κ2) is 3.82. The van der Waals surface area contributed by atoms with E-state index in [1.165, 1.54) is 5.56 Å². The predicted octanol–water partition coefficient (Wildman–Crippen LogP) is 2.10. The molecule has 0 amide bonds. The summed E-state index contributed by atoms with van der Waals surface area (Å²) < 4.78 is 4.90. The molecule has 1 N–H and O–H groups in total. The van der Waals surface area contributed by atoms with Gasteiger partial charge in [0, 0.05) is 5.56 Å². The van der Waals surface area contributed by atoms with Gasteiger partial charge < -0.3 is 9.63 Å². The Bertz CT molecular complexity index is 446. The van der Waals surface area contributed by atoms with Crippen LogP contribution in [-0.2, 0) is 0 Å². The molecule has 1 aromatic heterocycles. The van der Waals surface area contributed by atoms with E-state index in [0.717, 1.165) is 5.56 Å². The van der Waals surface area contributed by atoms with Gasteiger partial charge in [-0.3, -0.25) is 0 Å². The molecule has 0 saturated carbocycles. The van der Waals surface area contributed by atoms with E-state index in [4.69, 9.17) is 4.52 Å². The van der Waals surface area contributed by atoms with E-state index >= 15 is 0 Å². The van der Waals surface area contributed by atoms with Crippen LogP contribution in [0, 0.1) is 6.92 Å². The molecular weight excluding hydrogens is 192 g/mol. The largest absolute Gasteiger partial charge is 0.384 e. The highest BCUT2D eigenvalue weighted by molar-refractivity contribution is 5.54. The van der Waals surface area contributed by atoms with Crippen molar-refractivity contribution in [3.8, 4) is 11.4 Å². The third-order valence-electron chi connectivity index (χ3n) is 2.11. The van der Waals surface area contributed by atoms with Gasteiger partial charge in [-0.15, -0.1) is 0 Å². The summed E-state index contributed by atoms with van der Waals surface area (Å²) in [5, 5.41) is 13.0. The number of aryl methyl sites for hydroxylation is 1. The molecule has 78 valence electrons. The summed E-state index contributed by atoms with van der Waals surface area (Å²) in [6.45, 7) is 3.60. The highest BCUT2D eigenvalue weighted by atomic mass is 16.5. The van der Waals surface area contributed by atoms with Crippen molar-refractivity contribution in [2.45, 2.75) is 20.0 Å². The summed E-state index contributed by atoms with van der Waals surface area (Å²) in [5.41, 5.74) is 2.06. The molecule has 1 heterocycles. The number of benzene rings is 1. The summed E-state index contributed by atoms with van der Waals surface area (Å²) >= 11 is 0. The van der Waals surface area contributed by atoms with Crippen molar-refractivity contribution in [2.24, 2.45) is 0 Å². The van der Waals surface area contributed by atoms with Crippen LogP contribution in [0.4, 0.5) is 0 Å². The molecule has 0 unspecified atom stereocenters. The molecule has 0 aliphatic carbocycles. The van der Waals surface area contributed by atoms with Gasteiger partial charge in [-0.25, -0.2) is 0 Å². The molecule has 4 heteroatoms. The van der Waals surface area contributed by atoms with Gasteiger partial charge in [-0.05, 0) is 13.8 Å². The minimum Gasteiger partial charge on any atom is -0.384 e. The second-order valence-electron chi connectivity index (χ2n) is 3.50. The zero-order valence-corrected chi connectivity index (χ0v) is 8.64. The Morgan fingerprint density at radius 1 is 1.27 bits per heavy atom. The highest BCUT2D eigenvalue weighted by Gasteiger charge is 2.11. The molecule has 0 aliphatic heterocycles. The number of rotatable bonds is 2. The average molecular weight is 204 g/mol. The van der Waals surface area contributed by atoms with Crippen LogP contribution in [0.3, 0.4) is 0 Å². The van der Waals surface area contributed by atoms with Gasteiger partial charge in [0.2, 0.25) is 5.82 Å². The number of aliphatic hydroxyl groups excluding tert-OH is 1. The van der Waals surface area contributed by atoms with Crippen LogP contribution in [0.25, 0.3) is 11.4 Å². The van der Waals surface area contributed by atoms with Crippen LogP contribution in [0.1, 0.15) is 24.5 Å². The first kappa shape index (κ1) is 9.86. The zero-order chi connectivity index (χ0) is 10.8. The van der Waals surface area contributed by atoms with Gasteiger partial charge in [-0.2, -0.15) is 4.98 Å². The standard InChI is InChI=1S/C11H12N2O2/c1-7-3-5-9(6-4-7)10-12-11(8(2)14)15-13-10/h3-6,8,14H,1-2H3/t8-/m0/s1. The van der Waals surface area contributed by atoms with Crippen LogP contribution in [0.2, 0.25) is 0 Å². The maximum atomic E-state index is 9.23. The lowest BCUT2D eigenvalue weighted by atomic mass is 10.1. The fraction of sp³-hybridized carbons (Fsp3) is 0.273. The summed E-state index contributed by atoms with van der Waals surface area (Å²) in [6.07, 6.45) is -0.725. The predicted molar refractivity (Wildman–Crippen MR) is 55.1 cm³/mol. The van der Waals surface area contributed by atoms with Crippen LogP contribution < -0.4 is 0 Å². The number of hydrogen-bond donors (Lipinski definition) is 1. The number of nitrogens with zero attached hydrogens (tertiary/aromatic N) is 2. The summed E-state index contributed by atoms with van der Waals surface area (Å²) in [6, 6.07) is 7.81. The molecule has 1 aromatic carbocycles. The third kappa shape index (κ3) is 2.05. The average Bonchev–Trinajstić information content (AvgIpc) is 2.68. The molecule has 15 heavy (non-hydrogen) atoms. The monoisotopic (exact) mass is 204 g/mol. The molecule has 0 aliphatic rings. The SMILES string of the molecule is Cc1ccc(-c2noc([C@H](C)O)n2)cc1. The fourth-order valence-electron chi connectivity index (χ4n) is 1.22. The Labute approximate surface area is 87.6 Å². The van der Waals surface area contributed by atoms with E-state index in [9.17, 15) is 5.11 Å². The van der Waals surface area contributed by atoms with Gasteiger partial charge in [-0.1, -0.05) is 35.0 Å². The lowest BCUT2D eigenvalue weighted by Crippen LogP contribution is -1.90. The third-order valence-corrected chi connectivity index (χ3v) is 2.11. The Morgan fingerprint density at radius 3 is 2.47 bits per heavy atom. The van der Waals surface area contributed by atoms with Crippen molar-refractivity contribution < 1.29 is 9.63 Å². The van der Waals surface area contributed by atoms with Gasteiger partial charge in [0.15, 0.2) is 0 Å². The van der Waals surface area contributed by atoms with Gasteiger partial charge in [0.25, 0.3) is 5.89 Å². The lowest BCUT2D eigenvalue weighted by molar-refractivity contribution is 0.152. The molecule has 0 fully saturated rings. The molecule has 0 spiro atoms. The summed E-state index contributed by atoms with van der Waals surface area (Å²) in [7, 11) is 0. The molecule has 0 saturated heterocycles. The maximum absolute atomic E-state index is 9.23. The zero-order valence-electron chi connectivity index (χ0n) is 8.64. The van der Waals surface area contributed by atoms with E-state index in [1.807, 2.05) is 31.2 Å². The van der Waals surface area contributed by atoms with Crippen molar-refractivity contribution in [2.75, 3.05) is 0 Å². The maximum Gasteiger partial charge on any atom is 0.255 e. The van der Waals surface area contributed by atoms with E-state index < -0.39 is 6.10 Å². The minimum atomic E-state index is -0.725. The Hall–Kier alpha value is -1.68. The van der Waals surface area contributed by atoms with E-state index in [1.54, 1.807) is 6.92 Å². The Morgan fingerprint density at radius 2 is 1.93 bits per heavy atom. The Balaban J connectivity index is 2.33. The Kier molecular flexibility index (Phi) is 2.51. The van der Waals surface area contributed by atoms with E-state index in [0.29, 0.717) is 5.82 Å². The molecule has 0 bridgehead atoms. The van der Waals surface area contributed by atoms with Crippen molar-refractivity contribution >= 4 is 0 Å². The van der Waals surface area contributed by atoms with Gasteiger partial charge in [0.1, 0.15) is 6.10 Å². The highest BCUT2D eigenvalue weighted by Crippen LogP contribution is 2.18. The molecular formula is C11H12N2O2. The van der Waals surface area contributed by atoms with Crippen LogP contribution in [0.15, 0.2) is 28.8 Å². The molecule has 4 nitrogen and oxygen atoms in total. The lowest BCUT2D eigenvalue weighted by Gasteiger charge is -1.95. The van der Waals surface area contributed by atoms with Crippen LogP contribution >= 0.6 is 0 Å². The smallest absolute Gasteiger partial charge is 0.255 e. The molecule has 2 aromatic rings. The normalized spacial score (nSPS) is 12.7. The van der Waals surface area contributed by atoms with Crippen LogP contribution in [-0.4, -0.2) is 15.2 Å². The van der Waals surface area contributed by atoms with E-state index in [2.05, 4.69) is 10.1 Å². The second-order valence-corrected chi connectivity index (χ2v) is 3.50. The summed E-state index contributed by atoms with van der Waals surface area (Å²) in [4.78, 5) is 4.08. The minimum absolute atomic E-state index is 0.241. The van der Waals surface area contributed by atoms with Crippen LogP contribution in [0.5, 0.6) is 0 Å². The molecule has 2 rings (SSSR count). The van der Waals surface area contributed by atoms with Crippen molar-refractivity contribution in [1.29, 1.82) is 0 Å². The molecule has 1 atom stereocenters. The number of aromatic nitrogens is 2. The van der Waals surface area contributed by atoms with Crippen molar-refractivity contribution in [1.82, 2.24) is 10.1 Å². The van der Waals surface area contributed by atoms with Crippen molar-refractivity contribution in [3.63, 3.8) is 0 Å². The first-order valence-corrected chi connectivity index (χ1v) is 4.75.